The summed E-state index contributed by atoms with van der Waals surface area (Å²) < 4.78 is 69.4. The molecule has 12 heteroatoms. The summed E-state index contributed by atoms with van der Waals surface area (Å²) in [5.74, 6) is -3.43. The largest absolute Gasteiger partial charge is 0.416 e. The Kier molecular flexibility index (Phi) is 6.39. The average molecular weight is 547 g/mol. The monoisotopic (exact) mass is 546 g/mol. The van der Waals surface area contributed by atoms with Crippen LogP contribution in [0.3, 0.4) is 0 Å². The second-order valence-corrected chi connectivity index (χ2v) is 9.00. The molecule has 0 saturated carbocycles. The molecule has 1 aliphatic rings. The van der Waals surface area contributed by atoms with E-state index in [4.69, 9.17) is 11.6 Å². The smallest absolute Gasteiger partial charge is 0.341 e. The predicted molar refractivity (Wildman–Crippen MR) is 128 cm³/mol. The third-order valence-corrected chi connectivity index (χ3v) is 6.32. The van der Waals surface area contributed by atoms with Gasteiger partial charge in [0, 0.05) is 51.9 Å². The number of carbonyl (C=O) groups excluding carboxylic acids is 2. The zero-order chi connectivity index (χ0) is 27.2. The van der Waals surface area contributed by atoms with Crippen LogP contribution in [0.4, 0.5) is 27.6 Å². The first-order chi connectivity index (χ1) is 18.0. The van der Waals surface area contributed by atoms with Crippen molar-refractivity contribution in [3.05, 3.63) is 117 Å². The summed E-state index contributed by atoms with van der Waals surface area (Å²) in [6, 6.07) is 7.20. The molecule has 0 bridgehead atoms. The number of nitrogens with zero attached hydrogens (tertiary/aromatic N) is 2. The van der Waals surface area contributed by atoms with Gasteiger partial charge in [0.15, 0.2) is 0 Å². The van der Waals surface area contributed by atoms with Crippen LogP contribution in [-0.4, -0.2) is 21.4 Å². The molecule has 0 fully saturated rings. The number of halogens is 6. The molecule has 1 atom stereocenters. The second kappa shape index (κ2) is 9.56. The van der Waals surface area contributed by atoms with Gasteiger partial charge in [0.25, 0.3) is 11.8 Å². The molecule has 2 heterocycles. The van der Waals surface area contributed by atoms with Crippen LogP contribution in [0, 0.1) is 11.6 Å². The Bertz CT molecular complexity index is 1570. The summed E-state index contributed by atoms with van der Waals surface area (Å²) >= 11 is 6.28. The maximum absolute atomic E-state index is 14.1. The van der Waals surface area contributed by atoms with Crippen LogP contribution < -0.4 is 10.6 Å². The van der Waals surface area contributed by atoms with Gasteiger partial charge in [0.2, 0.25) is 0 Å². The quantitative estimate of drug-likeness (QED) is 0.303. The number of anilines is 1. The SMILES string of the molecule is O=C(Nc1cc(Cn2ccnc2)cc2c1C(c1cc(F)ccc1Cl)NC2=O)c1cc(F)cc(C(F)(F)F)c1. The lowest BCUT2D eigenvalue weighted by atomic mass is 9.94. The van der Waals surface area contributed by atoms with Gasteiger partial charge in [-0.25, -0.2) is 13.8 Å². The van der Waals surface area contributed by atoms with E-state index in [1.165, 1.54) is 18.5 Å². The maximum Gasteiger partial charge on any atom is 0.416 e. The zero-order valence-corrected chi connectivity index (χ0v) is 19.9. The fraction of sp³-hybridized carbons (Fsp3) is 0.115. The minimum atomic E-state index is -4.88. The Morgan fingerprint density at radius 1 is 1.08 bits per heavy atom. The normalized spacial score (nSPS) is 14.8. The second-order valence-electron chi connectivity index (χ2n) is 8.59. The fourth-order valence-electron chi connectivity index (χ4n) is 4.33. The lowest BCUT2D eigenvalue weighted by Crippen LogP contribution is -2.21. The van der Waals surface area contributed by atoms with E-state index in [1.807, 2.05) is 0 Å². The first kappa shape index (κ1) is 25.4. The molecule has 1 aliphatic heterocycles. The average Bonchev–Trinajstić information content (AvgIpc) is 3.47. The van der Waals surface area contributed by atoms with Crippen molar-refractivity contribution in [2.24, 2.45) is 0 Å². The van der Waals surface area contributed by atoms with Gasteiger partial charge in [0.05, 0.1) is 17.9 Å². The minimum Gasteiger partial charge on any atom is -0.341 e. The van der Waals surface area contributed by atoms with E-state index in [-0.39, 0.29) is 40.0 Å². The number of hydrogen-bond donors (Lipinski definition) is 2. The van der Waals surface area contributed by atoms with Crippen LogP contribution in [0.5, 0.6) is 0 Å². The number of amides is 2. The van der Waals surface area contributed by atoms with Gasteiger partial charge >= 0.3 is 6.18 Å². The van der Waals surface area contributed by atoms with Gasteiger partial charge in [-0.3, -0.25) is 9.59 Å². The fourth-order valence-corrected chi connectivity index (χ4v) is 4.55. The Morgan fingerprint density at radius 3 is 2.58 bits per heavy atom. The molecule has 2 amide bonds. The van der Waals surface area contributed by atoms with Gasteiger partial charge in [0.1, 0.15) is 11.6 Å². The van der Waals surface area contributed by atoms with E-state index >= 15 is 0 Å². The van der Waals surface area contributed by atoms with Crippen molar-refractivity contribution in [2.75, 3.05) is 5.32 Å². The van der Waals surface area contributed by atoms with E-state index < -0.39 is 46.8 Å². The topological polar surface area (TPSA) is 76.0 Å². The lowest BCUT2D eigenvalue weighted by molar-refractivity contribution is -0.137. The first-order valence-electron chi connectivity index (χ1n) is 11.1. The van der Waals surface area contributed by atoms with Gasteiger partial charge < -0.3 is 15.2 Å². The predicted octanol–water partition coefficient (Wildman–Crippen LogP) is 5.97. The van der Waals surface area contributed by atoms with Crippen molar-refractivity contribution in [2.45, 2.75) is 18.8 Å². The molecule has 0 saturated heterocycles. The van der Waals surface area contributed by atoms with E-state index in [9.17, 15) is 31.5 Å². The van der Waals surface area contributed by atoms with Crippen molar-refractivity contribution in [1.29, 1.82) is 0 Å². The number of rotatable bonds is 5. The van der Waals surface area contributed by atoms with Crippen LogP contribution in [0.2, 0.25) is 5.02 Å². The molecular formula is C26H16ClF5N4O2. The molecule has 1 unspecified atom stereocenters. The number of benzene rings is 3. The van der Waals surface area contributed by atoms with Crippen LogP contribution in [0.25, 0.3) is 0 Å². The standard InChI is InChI=1S/C26H16ClF5N4O2/c27-20-2-1-16(28)10-18(20)23-22-19(25(38)35-23)5-13(11-36-4-3-33-12-36)6-21(22)34-24(37)14-7-15(26(30,31)32)9-17(29)8-14/h1-10,12,23H,11H2,(H,34,37)(H,35,38). The van der Waals surface area contributed by atoms with Crippen molar-refractivity contribution in [3.63, 3.8) is 0 Å². The van der Waals surface area contributed by atoms with E-state index in [0.717, 1.165) is 12.1 Å². The molecule has 5 rings (SSSR count). The summed E-state index contributed by atoms with van der Waals surface area (Å²) in [6.07, 6.45) is -0.121. The Balaban J connectivity index is 1.61. The molecular weight excluding hydrogens is 531 g/mol. The van der Waals surface area contributed by atoms with Gasteiger partial charge in [-0.15, -0.1) is 0 Å². The number of imidazole rings is 1. The van der Waals surface area contributed by atoms with Crippen LogP contribution in [-0.2, 0) is 12.7 Å². The highest BCUT2D eigenvalue weighted by atomic mass is 35.5. The lowest BCUT2D eigenvalue weighted by Gasteiger charge is -2.19. The molecule has 0 aliphatic carbocycles. The number of aromatic nitrogens is 2. The summed E-state index contributed by atoms with van der Waals surface area (Å²) in [7, 11) is 0. The van der Waals surface area contributed by atoms with E-state index in [1.54, 1.807) is 23.0 Å². The third kappa shape index (κ3) is 4.97. The first-order valence-corrected chi connectivity index (χ1v) is 11.4. The summed E-state index contributed by atoms with van der Waals surface area (Å²) in [5, 5.41) is 5.37. The minimum absolute atomic E-state index is 0.0594. The molecule has 2 N–H and O–H groups in total. The molecule has 0 spiro atoms. The maximum atomic E-state index is 14.1. The van der Waals surface area contributed by atoms with Crippen molar-refractivity contribution < 1.29 is 31.5 Å². The van der Waals surface area contributed by atoms with Crippen molar-refractivity contribution in [3.8, 4) is 0 Å². The number of nitrogens with one attached hydrogen (secondary N) is 2. The van der Waals surface area contributed by atoms with Crippen LogP contribution in [0.15, 0.2) is 67.3 Å². The number of alkyl halides is 3. The highest BCUT2D eigenvalue weighted by molar-refractivity contribution is 6.31. The highest BCUT2D eigenvalue weighted by Gasteiger charge is 2.35. The summed E-state index contributed by atoms with van der Waals surface area (Å²) in [5.41, 5.74) is -0.706. The van der Waals surface area contributed by atoms with Gasteiger partial charge in [-0.1, -0.05) is 11.6 Å². The number of hydrogen-bond acceptors (Lipinski definition) is 3. The van der Waals surface area contributed by atoms with Crippen molar-refractivity contribution >= 4 is 29.1 Å². The van der Waals surface area contributed by atoms with Crippen LogP contribution >= 0.6 is 11.6 Å². The van der Waals surface area contributed by atoms with Crippen LogP contribution in [0.1, 0.15) is 49.0 Å². The molecule has 1 aromatic heterocycles. The van der Waals surface area contributed by atoms with E-state index in [0.29, 0.717) is 17.7 Å². The van der Waals surface area contributed by atoms with Gasteiger partial charge in [-0.05, 0) is 54.1 Å². The molecule has 4 aromatic rings. The van der Waals surface area contributed by atoms with Gasteiger partial charge in [-0.2, -0.15) is 13.2 Å². The Morgan fingerprint density at radius 2 is 1.87 bits per heavy atom. The number of carbonyl (C=O) groups is 2. The molecule has 6 nitrogen and oxygen atoms in total. The highest BCUT2D eigenvalue weighted by Crippen LogP contribution is 2.40. The Labute approximate surface area is 217 Å². The molecule has 38 heavy (non-hydrogen) atoms. The third-order valence-electron chi connectivity index (χ3n) is 5.98. The molecule has 194 valence electrons. The summed E-state index contributed by atoms with van der Waals surface area (Å²) in [6.45, 7) is 0.243. The Hall–Kier alpha value is -4.25. The van der Waals surface area contributed by atoms with Crippen molar-refractivity contribution in [1.82, 2.24) is 14.9 Å². The van der Waals surface area contributed by atoms with E-state index in [2.05, 4.69) is 15.6 Å². The summed E-state index contributed by atoms with van der Waals surface area (Å²) in [4.78, 5) is 30.0. The zero-order valence-electron chi connectivity index (χ0n) is 19.1. The number of fused-ring (bicyclic) bond motifs is 1. The molecule has 0 radical (unpaired) electrons. The molecule has 3 aromatic carbocycles.